The molecule has 2 aliphatic heterocycles. The number of nitrogens with zero attached hydrogens (tertiary/aromatic N) is 2. The van der Waals surface area contributed by atoms with Crippen molar-refractivity contribution in [1.29, 1.82) is 0 Å². The number of rotatable bonds is 5. The van der Waals surface area contributed by atoms with Crippen LogP contribution in [0.1, 0.15) is 29.5 Å². The first-order chi connectivity index (χ1) is 17.5. The lowest BCUT2D eigenvalue weighted by molar-refractivity contribution is -0.137. The van der Waals surface area contributed by atoms with E-state index in [2.05, 4.69) is 15.6 Å². The zero-order valence-corrected chi connectivity index (χ0v) is 20.8. The Morgan fingerprint density at radius 3 is 2.46 bits per heavy atom. The van der Waals surface area contributed by atoms with Crippen molar-refractivity contribution in [3.8, 4) is 11.1 Å². The van der Waals surface area contributed by atoms with Crippen LogP contribution >= 0.6 is 0 Å². The van der Waals surface area contributed by atoms with Gasteiger partial charge in [0.05, 0.1) is 16.9 Å². The fourth-order valence-corrected chi connectivity index (χ4v) is 6.32. The van der Waals surface area contributed by atoms with E-state index >= 15 is 0 Å². The van der Waals surface area contributed by atoms with Gasteiger partial charge in [-0.3, -0.25) is 4.79 Å². The number of hydrogen-bond acceptors (Lipinski definition) is 5. The summed E-state index contributed by atoms with van der Waals surface area (Å²) in [5, 5.41) is 5.91. The van der Waals surface area contributed by atoms with Crippen LogP contribution in [0.25, 0.3) is 11.1 Å². The highest BCUT2D eigenvalue weighted by Crippen LogP contribution is 2.33. The summed E-state index contributed by atoms with van der Waals surface area (Å²) in [5.41, 5.74) is 3.53. The van der Waals surface area contributed by atoms with Gasteiger partial charge in [0.15, 0.2) is 0 Å². The Balaban J connectivity index is 1.24. The van der Waals surface area contributed by atoms with Gasteiger partial charge in [0, 0.05) is 31.0 Å². The number of nitrogens with one attached hydrogen (secondary N) is 2. The van der Waals surface area contributed by atoms with Crippen molar-refractivity contribution in [2.45, 2.75) is 43.3 Å². The summed E-state index contributed by atoms with van der Waals surface area (Å²) >= 11 is 0. The molecule has 1 fully saturated rings. The Morgan fingerprint density at radius 2 is 1.81 bits per heavy atom. The quantitative estimate of drug-likeness (QED) is 0.493. The molecule has 11 heteroatoms. The molecule has 0 unspecified atom stereocenters. The highest BCUT2D eigenvalue weighted by molar-refractivity contribution is 7.89. The van der Waals surface area contributed by atoms with E-state index in [0.717, 1.165) is 40.2 Å². The third kappa shape index (κ3) is 5.19. The Morgan fingerprint density at radius 1 is 1.05 bits per heavy atom. The van der Waals surface area contributed by atoms with Crippen LogP contribution in [0.2, 0.25) is 0 Å². The Hall–Kier alpha value is -3.44. The molecule has 2 aliphatic rings. The van der Waals surface area contributed by atoms with E-state index in [0.29, 0.717) is 25.1 Å². The number of halogens is 3. The fourth-order valence-electron chi connectivity index (χ4n) is 4.76. The Labute approximate surface area is 212 Å². The minimum atomic E-state index is -4.44. The van der Waals surface area contributed by atoms with E-state index < -0.39 is 21.8 Å². The number of aryl methyl sites for hydroxylation is 1. The van der Waals surface area contributed by atoms with Crippen LogP contribution in [0.5, 0.6) is 0 Å². The number of carbonyl (C=O) groups is 1. The molecule has 1 saturated heterocycles. The van der Waals surface area contributed by atoms with E-state index in [1.54, 1.807) is 18.2 Å². The third-order valence-corrected chi connectivity index (χ3v) is 8.67. The lowest BCUT2D eigenvalue weighted by Crippen LogP contribution is -2.42. The summed E-state index contributed by atoms with van der Waals surface area (Å²) in [6.45, 7) is 2.43. The number of piperidine rings is 1. The van der Waals surface area contributed by atoms with Crippen LogP contribution in [0, 0.1) is 6.92 Å². The molecular formula is C26H25F3N4O3S. The summed E-state index contributed by atoms with van der Waals surface area (Å²) in [6.07, 6.45) is -2.33. The lowest BCUT2D eigenvalue weighted by Gasteiger charge is -2.32. The molecule has 5 rings (SSSR count). The molecule has 0 radical (unpaired) electrons. The van der Waals surface area contributed by atoms with Crippen molar-refractivity contribution in [3.05, 3.63) is 71.4 Å². The summed E-state index contributed by atoms with van der Waals surface area (Å²) in [4.78, 5) is 15.7. The average molecular weight is 531 g/mol. The molecule has 0 atom stereocenters. The van der Waals surface area contributed by atoms with Crippen molar-refractivity contribution in [3.63, 3.8) is 0 Å². The van der Waals surface area contributed by atoms with Crippen molar-refractivity contribution >= 4 is 27.4 Å². The van der Waals surface area contributed by atoms with E-state index in [4.69, 9.17) is 0 Å². The van der Waals surface area contributed by atoms with Gasteiger partial charge in [-0.1, -0.05) is 12.1 Å². The first-order valence-corrected chi connectivity index (χ1v) is 13.3. The second kappa shape index (κ2) is 9.46. The van der Waals surface area contributed by atoms with Gasteiger partial charge in [-0.15, -0.1) is 0 Å². The van der Waals surface area contributed by atoms with Gasteiger partial charge in [-0.2, -0.15) is 17.5 Å². The van der Waals surface area contributed by atoms with Gasteiger partial charge in [0.2, 0.25) is 15.9 Å². The number of anilines is 2. The number of pyridine rings is 1. The van der Waals surface area contributed by atoms with Crippen molar-refractivity contribution in [1.82, 2.24) is 9.29 Å². The number of benzene rings is 2. The molecule has 3 aromatic rings. The van der Waals surface area contributed by atoms with Crippen LogP contribution in [0.15, 0.2) is 59.6 Å². The molecule has 7 nitrogen and oxygen atoms in total. The smallest absolute Gasteiger partial charge is 0.367 e. The molecule has 2 aromatic carbocycles. The standard InChI is InChI=1S/C26H25F3N4O3S/c1-16-12-21(4-5-22(16)17-2-6-23-18(13-17)14-25(34)32-23)37(35,36)33-10-8-20(9-11-33)31-24-7-3-19(15-30-24)26(27,28)29/h2-7,12-13,15,20H,8-11,14H2,1H3,(H,30,31)(H,32,34). The zero-order valence-electron chi connectivity index (χ0n) is 20.0. The first kappa shape index (κ1) is 25.2. The van der Waals surface area contributed by atoms with E-state index in [-0.39, 0.29) is 29.9 Å². The minimum absolute atomic E-state index is 0.0418. The summed E-state index contributed by atoms with van der Waals surface area (Å²) in [6, 6.07) is 12.9. The second-order valence-corrected chi connectivity index (χ2v) is 11.3. The van der Waals surface area contributed by atoms with Gasteiger partial charge < -0.3 is 10.6 Å². The topological polar surface area (TPSA) is 91.4 Å². The Kier molecular flexibility index (Phi) is 6.45. The van der Waals surface area contributed by atoms with Gasteiger partial charge in [-0.25, -0.2) is 13.4 Å². The fraction of sp³-hybridized carbons (Fsp3) is 0.308. The number of alkyl halides is 3. The Bertz CT molecular complexity index is 1450. The predicted molar refractivity (Wildman–Crippen MR) is 134 cm³/mol. The summed E-state index contributed by atoms with van der Waals surface area (Å²) in [7, 11) is -3.71. The first-order valence-electron chi connectivity index (χ1n) is 11.8. The van der Waals surface area contributed by atoms with E-state index in [9.17, 15) is 26.4 Å². The van der Waals surface area contributed by atoms with Gasteiger partial charge in [0.25, 0.3) is 0 Å². The average Bonchev–Trinajstić information content (AvgIpc) is 3.23. The molecule has 194 valence electrons. The molecule has 0 bridgehead atoms. The van der Waals surface area contributed by atoms with E-state index in [1.807, 2.05) is 25.1 Å². The minimum Gasteiger partial charge on any atom is -0.367 e. The summed E-state index contributed by atoms with van der Waals surface area (Å²) < 4.78 is 66.3. The van der Waals surface area contributed by atoms with Crippen LogP contribution in [-0.4, -0.2) is 42.7 Å². The number of fused-ring (bicyclic) bond motifs is 1. The maximum atomic E-state index is 13.3. The SMILES string of the molecule is Cc1cc(S(=O)(=O)N2CCC(Nc3ccc(C(F)(F)F)cn3)CC2)ccc1-c1ccc2c(c1)CC(=O)N2. The molecule has 0 aliphatic carbocycles. The van der Waals surface area contributed by atoms with E-state index in [1.165, 1.54) is 10.4 Å². The molecule has 1 amide bonds. The van der Waals surface area contributed by atoms with Gasteiger partial charge in [-0.05, 0) is 78.4 Å². The highest BCUT2D eigenvalue weighted by Gasteiger charge is 2.32. The van der Waals surface area contributed by atoms with Crippen LogP contribution in [0.4, 0.5) is 24.7 Å². The predicted octanol–water partition coefficient (Wildman–Crippen LogP) is 4.84. The molecule has 1 aromatic heterocycles. The number of aromatic nitrogens is 1. The van der Waals surface area contributed by atoms with Crippen molar-refractivity contribution in [2.24, 2.45) is 0 Å². The lowest BCUT2D eigenvalue weighted by atomic mass is 9.98. The monoisotopic (exact) mass is 530 g/mol. The van der Waals surface area contributed by atoms with Crippen LogP contribution in [-0.2, 0) is 27.4 Å². The molecular weight excluding hydrogens is 505 g/mol. The number of sulfonamides is 1. The van der Waals surface area contributed by atoms with Gasteiger partial charge in [0.1, 0.15) is 5.82 Å². The maximum Gasteiger partial charge on any atom is 0.417 e. The molecule has 3 heterocycles. The third-order valence-electron chi connectivity index (χ3n) is 6.77. The van der Waals surface area contributed by atoms with Gasteiger partial charge >= 0.3 is 6.18 Å². The number of carbonyl (C=O) groups excluding carboxylic acids is 1. The van der Waals surface area contributed by atoms with Crippen molar-refractivity contribution in [2.75, 3.05) is 23.7 Å². The zero-order chi connectivity index (χ0) is 26.4. The highest BCUT2D eigenvalue weighted by atomic mass is 32.2. The second-order valence-electron chi connectivity index (χ2n) is 9.33. The molecule has 37 heavy (non-hydrogen) atoms. The largest absolute Gasteiger partial charge is 0.417 e. The number of amides is 1. The summed E-state index contributed by atoms with van der Waals surface area (Å²) in [5.74, 6) is 0.284. The number of hydrogen-bond donors (Lipinski definition) is 2. The molecule has 2 N–H and O–H groups in total. The maximum absolute atomic E-state index is 13.3. The molecule has 0 spiro atoms. The molecule has 0 saturated carbocycles. The van der Waals surface area contributed by atoms with Crippen LogP contribution in [0.3, 0.4) is 0 Å². The van der Waals surface area contributed by atoms with Crippen LogP contribution < -0.4 is 10.6 Å². The van der Waals surface area contributed by atoms with Crippen molar-refractivity contribution < 1.29 is 26.4 Å². The normalized spacial score (nSPS) is 16.9.